The Kier molecular flexibility index (Phi) is 5.52. The highest BCUT2D eigenvalue weighted by Crippen LogP contribution is 2.35. The van der Waals surface area contributed by atoms with Crippen molar-refractivity contribution < 1.29 is 22.7 Å². The Balaban J connectivity index is 1.59. The normalized spacial score (nSPS) is 21.2. The lowest BCUT2D eigenvalue weighted by atomic mass is 9.99. The van der Waals surface area contributed by atoms with Gasteiger partial charge in [-0.15, -0.1) is 0 Å². The van der Waals surface area contributed by atoms with E-state index in [4.69, 9.17) is 4.74 Å². The van der Waals surface area contributed by atoms with Crippen LogP contribution in [0.25, 0.3) is 0 Å². The molecule has 4 rings (SSSR count). The molecule has 0 atom stereocenters. The summed E-state index contributed by atoms with van der Waals surface area (Å²) in [6.45, 7) is 4.30. The molecule has 0 aliphatic carbocycles. The lowest BCUT2D eigenvalue weighted by Gasteiger charge is -2.34. The molecular weight excluding hydrogens is 394 g/mol. The molecule has 1 aromatic rings. The molecule has 9 heteroatoms. The first-order valence-electron chi connectivity index (χ1n) is 10.2. The van der Waals surface area contributed by atoms with Crippen molar-refractivity contribution in [1.82, 2.24) is 9.21 Å². The summed E-state index contributed by atoms with van der Waals surface area (Å²) in [6, 6.07) is 4.55. The summed E-state index contributed by atoms with van der Waals surface area (Å²) >= 11 is 0. The van der Waals surface area contributed by atoms with Crippen LogP contribution in [0.1, 0.15) is 32.6 Å². The van der Waals surface area contributed by atoms with Crippen molar-refractivity contribution in [1.29, 1.82) is 0 Å². The van der Waals surface area contributed by atoms with Gasteiger partial charge in [-0.3, -0.25) is 14.5 Å². The van der Waals surface area contributed by atoms with E-state index in [0.717, 1.165) is 25.7 Å². The molecule has 0 N–H and O–H groups in total. The van der Waals surface area contributed by atoms with Crippen molar-refractivity contribution in [2.24, 2.45) is 5.92 Å². The number of benzene rings is 1. The third-order valence-electron chi connectivity index (χ3n) is 6.01. The minimum Gasteiger partial charge on any atom is -0.482 e. The third kappa shape index (κ3) is 3.98. The van der Waals surface area contributed by atoms with E-state index < -0.39 is 10.0 Å². The van der Waals surface area contributed by atoms with Gasteiger partial charge in [0.15, 0.2) is 6.61 Å². The maximum atomic E-state index is 12.9. The van der Waals surface area contributed by atoms with Gasteiger partial charge in [0.1, 0.15) is 12.3 Å². The van der Waals surface area contributed by atoms with E-state index in [0.29, 0.717) is 43.5 Å². The van der Waals surface area contributed by atoms with Crippen molar-refractivity contribution in [3.63, 3.8) is 0 Å². The lowest BCUT2D eigenvalue weighted by Crippen LogP contribution is -2.48. The van der Waals surface area contributed by atoms with Crippen LogP contribution >= 0.6 is 0 Å². The molecule has 158 valence electrons. The molecule has 0 radical (unpaired) electrons. The van der Waals surface area contributed by atoms with Crippen LogP contribution in [0.3, 0.4) is 0 Å². The maximum absolute atomic E-state index is 12.9. The zero-order valence-corrected chi connectivity index (χ0v) is 17.5. The van der Waals surface area contributed by atoms with Gasteiger partial charge in [0.05, 0.1) is 10.6 Å². The number of fused-ring (bicyclic) bond motifs is 1. The summed E-state index contributed by atoms with van der Waals surface area (Å²) in [4.78, 5) is 28.6. The van der Waals surface area contributed by atoms with E-state index in [1.165, 1.54) is 21.3 Å². The summed E-state index contributed by atoms with van der Waals surface area (Å²) in [5.41, 5.74) is 0.347. The number of ether oxygens (including phenoxy) is 1. The van der Waals surface area contributed by atoms with Crippen molar-refractivity contribution >= 4 is 27.5 Å². The van der Waals surface area contributed by atoms with Gasteiger partial charge in [-0.1, -0.05) is 6.92 Å². The minimum absolute atomic E-state index is 0.100. The Morgan fingerprint density at radius 1 is 1.14 bits per heavy atom. The standard InChI is InChI=1S/C20H27N3O5S/c1-15-6-10-21(11-7-15)19(24)13-23-17-12-16(4-5-18(17)28-14-20(23)25)29(26,27)22-8-2-3-9-22/h4-5,12,15H,2-3,6-11,13-14H2,1H3. The third-order valence-corrected chi connectivity index (χ3v) is 7.90. The SMILES string of the molecule is CC1CCN(C(=O)CN2C(=O)COc3ccc(S(=O)(=O)N4CCCC4)cc32)CC1. The second kappa shape index (κ2) is 7.95. The first-order chi connectivity index (χ1) is 13.9. The van der Waals surface area contributed by atoms with Crippen molar-refractivity contribution in [3.05, 3.63) is 18.2 Å². The zero-order chi connectivity index (χ0) is 20.6. The number of likely N-dealkylation sites (tertiary alicyclic amines) is 1. The van der Waals surface area contributed by atoms with Crippen LogP contribution in [0.2, 0.25) is 0 Å². The number of piperidine rings is 1. The van der Waals surface area contributed by atoms with Gasteiger partial charge in [0.25, 0.3) is 5.91 Å². The lowest BCUT2D eigenvalue weighted by molar-refractivity contribution is -0.133. The number of hydrogen-bond acceptors (Lipinski definition) is 5. The molecule has 29 heavy (non-hydrogen) atoms. The van der Waals surface area contributed by atoms with Crippen LogP contribution in [0.5, 0.6) is 5.75 Å². The number of amides is 2. The smallest absolute Gasteiger partial charge is 0.265 e. The van der Waals surface area contributed by atoms with Crippen LogP contribution in [0.4, 0.5) is 5.69 Å². The van der Waals surface area contributed by atoms with E-state index in [-0.39, 0.29) is 29.9 Å². The minimum atomic E-state index is -3.62. The summed E-state index contributed by atoms with van der Waals surface area (Å²) in [7, 11) is -3.62. The molecule has 3 heterocycles. The molecule has 0 aromatic heterocycles. The van der Waals surface area contributed by atoms with Gasteiger partial charge in [-0.25, -0.2) is 8.42 Å². The van der Waals surface area contributed by atoms with E-state index in [1.54, 1.807) is 11.0 Å². The summed E-state index contributed by atoms with van der Waals surface area (Å²) in [6.07, 6.45) is 3.61. The van der Waals surface area contributed by atoms with Gasteiger partial charge in [0.2, 0.25) is 15.9 Å². The number of nitrogens with zero attached hydrogens (tertiary/aromatic N) is 3. The van der Waals surface area contributed by atoms with Crippen LogP contribution < -0.4 is 9.64 Å². The first-order valence-corrected chi connectivity index (χ1v) is 11.7. The van der Waals surface area contributed by atoms with Gasteiger partial charge in [-0.2, -0.15) is 4.31 Å². The number of hydrogen-bond donors (Lipinski definition) is 0. The second-order valence-electron chi connectivity index (χ2n) is 8.07. The zero-order valence-electron chi connectivity index (χ0n) is 16.7. The molecule has 0 unspecified atom stereocenters. The fraction of sp³-hybridized carbons (Fsp3) is 0.600. The molecular formula is C20H27N3O5S. The Morgan fingerprint density at radius 3 is 2.52 bits per heavy atom. The van der Waals surface area contributed by atoms with Crippen LogP contribution in [0, 0.1) is 5.92 Å². The highest BCUT2D eigenvalue weighted by Gasteiger charge is 2.33. The Hall–Kier alpha value is -2.13. The second-order valence-corrected chi connectivity index (χ2v) is 10.0. The number of anilines is 1. The molecule has 3 aliphatic heterocycles. The fourth-order valence-electron chi connectivity index (χ4n) is 4.09. The van der Waals surface area contributed by atoms with Gasteiger partial charge >= 0.3 is 0 Å². The van der Waals surface area contributed by atoms with Crippen LogP contribution in [0.15, 0.2) is 23.1 Å². The van der Waals surface area contributed by atoms with Crippen molar-refractivity contribution in [2.45, 2.75) is 37.5 Å². The average molecular weight is 422 g/mol. The van der Waals surface area contributed by atoms with Gasteiger partial charge in [0, 0.05) is 26.2 Å². The highest BCUT2D eigenvalue weighted by molar-refractivity contribution is 7.89. The largest absolute Gasteiger partial charge is 0.482 e. The molecule has 0 spiro atoms. The predicted octanol–water partition coefficient (Wildman–Crippen LogP) is 1.45. The molecule has 0 bridgehead atoms. The maximum Gasteiger partial charge on any atom is 0.265 e. The van der Waals surface area contributed by atoms with Crippen molar-refractivity contribution in [2.75, 3.05) is 44.2 Å². The monoisotopic (exact) mass is 421 g/mol. The highest BCUT2D eigenvalue weighted by atomic mass is 32.2. The number of carbonyl (C=O) groups excluding carboxylic acids is 2. The van der Waals surface area contributed by atoms with Crippen molar-refractivity contribution in [3.8, 4) is 5.75 Å². The van der Waals surface area contributed by atoms with E-state index in [1.807, 2.05) is 0 Å². The van der Waals surface area contributed by atoms with Crippen LogP contribution in [-0.2, 0) is 19.6 Å². The molecule has 1 aromatic carbocycles. The molecule has 2 amide bonds. The Bertz CT molecular complexity index is 903. The van der Waals surface area contributed by atoms with E-state index >= 15 is 0 Å². The molecule has 8 nitrogen and oxygen atoms in total. The Labute approximate surface area is 171 Å². The van der Waals surface area contributed by atoms with Gasteiger partial charge < -0.3 is 9.64 Å². The topological polar surface area (TPSA) is 87.2 Å². The summed E-state index contributed by atoms with van der Waals surface area (Å²) < 4.78 is 32.8. The fourth-order valence-corrected chi connectivity index (χ4v) is 5.62. The van der Waals surface area contributed by atoms with Crippen LogP contribution in [-0.4, -0.2) is 68.8 Å². The molecule has 0 saturated carbocycles. The molecule has 2 saturated heterocycles. The quantitative estimate of drug-likeness (QED) is 0.735. The van der Waals surface area contributed by atoms with Gasteiger partial charge in [-0.05, 0) is 49.8 Å². The average Bonchev–Trinajstić information content (AvgIpc) is 3.26. The summed E-state index contributed by atoms with van der Waals surface area (Å²) in [5, 5.41) is 0. The molecule has 3 aliphatic rings. The number of sulfonamides is 1. The number of carbonyl (C=O) groups is 2. The number of rotatable bonds is 4. The molecule has 2 fully saturated rings. The Morgan fingerprint density at radius 2 is 1.83 bits per heavy atom. The summed E-state index contributed by atoms with van der Waals surface area (Å²) in [5.74, 6) is 0.561. The van der Waals surface area contributed by atoms with E-state index in [9.17, 15) is 18.0 Å². The predicted molar refractivity (Wildman–Crippen MR) is 107 cm³/mol. The first kappa shape index (κ1) is 20.2. The van der Waals surface area contributed by atoms with E-state index in [2.05, 4.69) is 6.92 Å².